The molecule has 7 aromatic carbocycles. The predicted octanol–water partition coefficient (Wildman–Crippen LogP) is 11.7. The highest BCUT2D eigenvalue weighted by molar-refractivity contribution is 5.96. The first-order valence-corrected chi connectivity index (χ1v) is 21.7. The molecule has 0 aromatic heterocycles. The van der Waals surface area contributed by atoms with E-state index >= 15 is 0 Å². The number of rotatable bonds is 19. The van der Waals surface area contributed by atoms with E-state index in [2.05, 4.69) is 10.2 Å². The second-order valence-electron chi connectivity index (χ2n) is 15.6. The fourth-order valence-electron chi connectivity index (χ4n) is 7.67. The molecule has 1 heterocycles. The van der Waals surface area contributed by atoms with E-state index in [4.69, 9.17) is 37.9 Å². The van der Waals surface area contributed by atoms with Gasteiger partial charge in [-0.2, -0.15) is 5.11 Å². The molecule has 1 aliphatic rings. The third-order valence-corrected chi connectivity index (χ3v) is 11.3. The van der Waals surface area contributed by atoms with Crippen LogP contribution in [0.1, 0.15) is 27.0 Å². The van der Waals surface area contributed by atoms with E-state index in [-0.39, 0.29) is 32.0 Å². The molecule has 1 aliphatic heterocycles. The van der Waals surface area contributed by atoms with Gasteiger partial charge in [0.2, 0.25) is 0 Å². The van der Waals surface area contributed by atoms with Gasteiger partial charge in [-0.15, -0.1) is 5.11 Å². The number of hydrogen-bond acceptors (Lipinski definition) is 11. The molecular formula is C55H52N2O9. The van der Waals surface area contributed by atoms with E-state index in [0.717, 1.165) is 44.7 Å². The first-order valence-electron chi connectivity index (χ1n) is 21.7. The van der Waals surface area contributed by atoms with Crippen molar-refractivity contribution in [3.8, 4) is 33.8 Å². The summed E-state index contributed by atoms with van der Waals surface area (Å²) in [5.41, 5.74) is 7.73. The van der Waals surface area contributed by atoms with Crippen LogP contribution in [0.15, 0.2) is 192 Å². The molecule has 11 heteroatoms. The molecule has 0 radical (unpaired) electrons. The maximum atomic E-state index is 14.5. The molecule has 0 spiro atoms. The number of ether oxygens (including phenoxy) is 8. The zero-order valence-electron chi connectivity index (χ0n) is 37.1. The first-order chi connectivity index (χ1) is 32.5. The van der Waals surface area contributed by atoms with Crippen LogP contribution in [0.3, 0.4) is 0 Å². The van der Waals surface area contributed by atoms with Crippen molar-refractivity contribution in [2.75, 3.05) is 27.9 Å². The van der Waals surface area contributed by atoms with E-state index in [9.17, 15) is 4.79 Å². The molecule has 66 heavy (non-hydrogen) atoms. The van der Waals surface area contributed by atoms with Crippen molar-refractivity contribution in [3.63, 3.8) is 0 Å². The zero-order chi connectivity index (χ0) is 45.5. The second kappa shape index (κ2) is 22.8. The molecule has 5 atom stereocenters. The van der Waals surface area contributed by atoms with Crippen molar-refractivity contribution >= 4 is 17.3 Å². The van der Waals surface area contributed by atoms with Gasteiger partial charge < -0.3 is 37.9 Å². The number of esters is 1. The monoisotopic (exact) mass is 884 g/mol. The Morgan fingerprint density at radius 3 is 1.45 bits per heavy atom. The summed E-state index contributed by atoms with van der Waals surface area (Å²) in [6.07, 6.45) is -3.92. The Hall–Kier alpha value is -6.99. The van der Waals surface area contributed by atoms with Gasteiger partial charge in [0.15, 0.2) is 6.29 Å². The van der Waals surface area contributed by atoms with Gasteiger partial charge in [0.1, 0.15) is 48.2 Å². The molecule has 7 aromatic rings. The fraction of sp³-hybridized carbons (Fsp3) is 0.218. The highest BCUT2D eigenvalue weighted by Crippen LogP contribution is 2.34. The van der Waals surface area contributed by atoms with Crippen molar-refractivity contribution in [2.24, 2.45) is 10.2 Å². The topological polar surface area (TPSA) is 116 Å². The molecule has 0 saturated carbocycles. The van der Waals surface area contributed by atoms with Crippen molar-refractivity contribution in [2.45, 2.75) is 50.5 Å². The maximum absolute atomic E-state index is 14.5. The Bertz CT molecular complexity index is 2610. The number of hydrogen-bond donors (Lipinski definition) is 0. The quantitative estimate of drug-likeness (QED) is 0.0578. The van der Waals surface area contributed by atoms with Gasteiger partial charge in [-0.05, 0) is 87.5 Å². The van der Waals surface area contributed by atoms with Gasteiger partial charge >= 0.3 is 5.97 Å². The fourth-order valence-corrected chi connectivity index (χ4v) is 7.67. The molecule has 0 N–H and O–H groups in total. The molecule has 8 rings (SSSR count). The van der Waals surface area contributed by atoms with Crippen molar-refractivity contribution in [1.29, 1.82) is 0 Å². The number of methoxy groups -OCH3 is 3. The minimum atomic E-state index is -0.895. The zero-order valence-corrected chi connectivity index (χ0v) is 37.1. The van der Waals surface area contributed by atoms with Crippen molar-refractivity contribution in [3.05, 3.63) is 204 Å². The molecule has 1 fully saturated rings. The SMILES string of the molecule is COc1ccc(-c2ccc(N=Nc3ccc(-c4ccc(OC)cc4)cc3C(=O)OC[C@H]3O[C@H](OC)[C@H](OCc4ccccc4)[C@@H](OCc4ccccc4)[C@@H]3OCc3ccccc3)cc2)cc1. The largest absolute Gasteiger partial charge is 0.497 e. The summed E-state index contributed by atoms with van der Waals surface area (Å²) in [6.45, 7) is 0.579. The van der Waals surface area contributed by atoms with Crippen LogP contribution in [0.4, 0.5) is 11.4 Å². The second-order valence-corrected chi connectivity index (χ2v) is 15.6. The molecule has 11 nitrogen and oxygen atoms in total. The lowest BCUT2D eigenvalue weighted by Gasteiger charge is -2.45. The summed E-state index contributed by atoms with van der Waals surface area (Å²) >= 11 is 0. The molecule has 1 saturated heterocycles. The van der Waals surface area contributed by atoms with Crippen LogP contribution in [0.25, 0.3) is 22.3 Å². The van der Waals surface area contributed by atoms with Gasteiger partial charge in [-0.3, -0.25) is 0 Å². The highest BCUT2D eigenvalue weighted by atomic mass is 16.7. The average molecular weight is 885 g/mol. The van der Waals surface area contributed by atoms with Crippen LogP contribution in [0, 0.1) is 0 Å². The maximum Gasteiger partial charge on any atom is 0.340 e. The lowest BCUT2D eigenvalue weighted by atomic mass is 9.97. The van der Waals surface area contributed by atoms with Gasteiger partial charge in [-0.1, -0.05) is 133 Å². The molecule has 0 unspecified atom stereocenters. The minimum absolute atomic E-state index is 0.203. The van der Waals surface area contributed by atoms with Crippen LogP contribution in [-0.4, -0.2) is 64.6 Å². The summed E-state index contributed by atoms with van der Waals surface area (Å²) in [5.74, 6) is 0.872. The Morgan fingerprint density at radius 1 is 0.500 bits per heavy atom. The van der Waals surface area contributed by atoms with E-state index in [1.807, 2.05) is 170 Å². The third kappa shape index (κ3) is 11.8. The standard InChI is InChI=1S/C55H52N2O9/c1-59-46-28-21-42(22-29-46)41-19-26-45(27-20-41)56-57-49-32-25-44(43-23-30-47(60-2)31-24-43)33-48(49)54(58)65-37-50-51(62-34-38-13-7-4-8-14-38)52(63-35-39-15-9-5-10-16-39)53(55(61-3)66-50)64-36-40-17-11-6-12-18-40/h4-33,50-53,55H,34-37H2,1-3H3/t50-,51-,52+,53-,55+/m1/s1. The van der Waals surface area contributed by atoms with Crippen LogP contribution < -0.4 is 9.47 Å². The Kier molecular flexibility index (Phi) is 15.7. The van der Waals surface area contributed by atoms with Gasteiger partial charge in [-0.25, -0.2) is 4.79 Å². The number of azo groups is 1. The van der Waals surface area contributed by atoms with Gasteiger partial charge in [0.25, 0.3) is 0 Å². The number of nitrogens with zero attached hydrogens (tertiary/aromatic N) is 2. The lowest BCUT2D eigenvalue weighted by Crippen LogP contribution is -2.61. The van der Waals surface area contributed by atoms with Crippen LogP contribution in [-0.2, 0) is 48.2 Å². The summed E-state index contributed by atoms with van der Waals surface area (Å²) in [4.78, 5) is 14.5. The van der Waals surface area contributed by atoms with Gasteiger partial charge in [0, 0.05) is 7.11 Å². The summed E-state index contributed by atoms with van der Waals surface area (Å²) in [6, 6.07) is 58.1. The predicted molar refractivity (Wildman–Crippen MR) is 252 cm³/mol. The van der Waals surface area contributed by atoms with E-state index in [1.54, 1.807) is 33.5 Å². The first kappa shape index (κ1) is 45.6. The van der Waals surface area contributed by atoms with Crippen LogP contribution in [0.2, 0.25) is 0 Å². The van der Waals surface area contributed by atoms with Crippen LogP contribution >= 0.6 is 0 Å². The van der Waals surface area contributed by atoms with E-state index < -0.39 is 36.7 Å². The van der Waals surface area contributed by atoms with Crippen molar-refractivity contribution < 1.29 is 42.7 Å². The summed E-state index contributed by atoms with van der Waals surface area (Å²) < 4.78 is 49.5. The normalized spacial score (nSPS) is 18.2. The third-order valence-electron chi connectivity index (χ3n) is 11.3. The Labute approximate surface area is 385 Å². The molecule has 0 amide bonds. The molecule has 0 bridgehead atoms. The average Bonchev–Trinajstić information content (AvgIpc) is 3.39. The van der Waals surface area contributed by atoms with Crippen LogP contribution in [0.5, 0.6) is 11.5 Å². The number of benzene rings is 7. The molecule has 0 aliphatic carbocycles. The highest BCUT2D eigenvalue weighted by Gasteiger charge is 2.49. The lowest BCUT2D eigenvalue weighted by molar-refractivity contribution is -0.321. The minimum Gasteiger partial charge on any atom is -0.497 e. The van der Waals surface area contributed by atoms with E-state index in [0.29, 0.717) is 17.1 Å². The number of carbonyl (C=O) groups is 1. The Balaban J connectivity index is 1.08. The number of carbonyl (C=O) groups excluding carboxylic acids is 1. The Morgan fingerprint density at radius 2 is 0.955 bits per heavy atom. The van der Waals surface area contributed by atoms with Gasteiger partial charge in [0.05, 0.1) is 45.3 Å². The van der Waals surface area contributed by atoms with E-state index in [1.165, 1.54) is 0 Å². The molecular weight excluding hydrogens is 833 g/mol. The van der Waals surface area contributed by atoms with Crippen molar-refractivity contribution in [1.82, 2.24) is 0 Å². The summed E-state index contributed by atoms with van der Waals surface area (Å²) in [7, 11) is 4.82. The molecule has 336 valence electrons. The smallest absolute Gasteiger partial charge is 0.340 e. The summed E-state index contributed by atoms with van der Waals surface area (Å²) in [5, 5.41) is 9.11.